The van der Waals surface area contributed by atoms with E-state index in [1.54, 1.807) is 0 Å². The molecule has 1 aliphatic rings. The summed E-state index contributed by atoms with van der Waals surface area (Å²) in [5.41, 5.74) is 5.21. The van der Waals surface area contributed by atoms with E-state index in [1.807, 2.05) is 6.26 Å². The maximum absolute atomic E-state index is 5.76. The first-order chi connectivity index (χ1) is 9.31. The van der Waals surface area contributed by atoms with Gasteiger partial charge in [0.05, 0.1) is 6.26 Å². The van der Waals surface area contributed by atoms with Gasteiger partial charge in [0.1, 0.15) is 5.76 Å². The van der Waals surface area contributed by atoms with Gasteiger partial charge in [-0.2, -0.15) is 0 Å². The van der Waals surface area contributed by atoms with E-state index in [2.05, 4.69) is 50.3 Å². The Hall–Kier alpha value is -1.76. The fourth-order valence-corrected chi connectivity index (χ4v) is 2.75. The molecule has 2 aromatic rings. The molecule has 0 amide bonds. The van der Waals surface area contributed by atoms with Crippen LogP contribution in [0.5, 0.6) is 0 Å². The van der Waals surface area contributed by atoms with Crippen LogP contribution >= 0.6 is 0 Å². The Labute approximate surface area is 115 Å². The van der Waals surface area contributed by atoms with Gasteiger partial charge in [-0.3, -0.25) is 0 Å². The summed E-state index contributed by atoms with van der Waals surface area (Å²) in [5, 5.41) is 0. The Morgan fingerprint density at radius 2 is 1.95 bits per heavy atom. The lowest BCUT2D eigenvalue weighted by Gasteiger charge is -2.10. The van der Waals surface area contributed by atoms with E-state index in [9.17, 15) is 0 Å². The summed E-state index contributed by atoms with van der Waals surface area (Å²) in [4.78, 5) is 0. The minimum Gasteiger partial charge on any atom is -0.464 e. The smallest absolute Gasteiger partial charge is 0.133 e. The lowest BCUT2D eigenvalue weighted by molar-refractivity contribution is 0.548. The van der Waals surface area contributed by atoms with Crippen LogP contribution in [0.1, 0.15) is 49.1 Å². The summed E-state index contributed by atoms with van der Waals surface area (Å²) in [5.74, 6) is 2.38. The second-order valence-corrected chi connectivity index (χ2v) is 5.15. The highest BCUT2D eigenvalue weighted by molar-refractivity contribution is 5.97. The van der Waals surface area contributed by atoms with E-state index in [0.29, 0.717) is 0 Å². The third kappa shape index (κ3) is 2.14. The van der Waals surface area contributed by atoms with E-state index >= 15 is 0 Å². The molecule has 0 aliphatic heterocycles. The lowest BCUT2D eigenvalue weighted by atomic mass is 9.94. The number of aryl methyl sites for hydroxylation is 1. The number of rotatable bonds is 4. The molecule has 0 unspecified atom stereocenters. The van der Waals surface area contributed by atoms with Crippen molar-refractivity contribution in [1.82, 2.24) is 0 Å². The summed E-state index contributed by atoms with van der Waals surface area (Å²) < 4.78 is 5.76. The molecule has 1 nitrogen and oxygen atoms in total. The van der Waals surface area contributed by atoms with Crippen molar-refractivity contribution in [2.75, 3.05) is 0 Å². The van der Waals surface area contributed by atoms with Crippen LogP contribution in [0.4, 0.5) is 0 Å². The van der Waals surface area contributed by atoms with Gasteiger partial charge in [0.25, 0.3) is 0 Å². The van der Waals surface area contributed by atoms with Crippen LogP contribution in [-0.4, -0.2) is 0 Å². The molecule has 97 valence electrons. The molecule has 0 spiro atoms. The standard InChI is InChI=1S/C18H19O/c1-3-4-7-14-10-11-19-18(14)17-12-15-8-5-6-9-16(15)13(17)2/h5-6,8-12H,3-4,7H2,1-2H3. The number of hydrogen-bond donors (Lipinski definition) is 0. The number of hydrogen-bond acceptors (Lipinski definition) is 1. The van der Waals surface area contributed by atoms with E-state index in [0.717, 1.165) is 12.2 Å². The Morgan fingerprint density at radius 1 is 1.11 bits per heavy atom. The summed E-state index contributed by atoms with van der Waals surface area (Å²) in [7, 11) is 0. The maximum atomic E-state index is 5.76. The Balaban J connectivity index is 1.95. The Kier molecular flexibility index (Phi) is 3.29. The number of benzene rings is 1. The van der Waals surface area contributed by atoms with Gasteiger partial charge >= 0.3 is 0 Å². The fraction of sp³-hybridized carbons (Fsp3) is 0.278. The normalized spacial score (nSPS) is 14.5. The number of furan rings is 1. The molecule has 1 radical (unpaired) electrons. The van der Waals surface area contributed by atoms with E-state index < -0.39 is 0 Å². The zero-order chi connectivity index (χ0) is 13.2. The molecule has 0 N–H and O–H groups in total. The quantitative estimate of drug-likeness (QED) is 0.735. The van der Waals surface area contributed by atoms with Gasteiger partial charge in [-0.05, 0) is 41.7 Å². The van der Waals surface area contributed by atoms with Crippen molar-refractivity contribution in [1.29, 1.82) is 0 Å². The molecular formula is C18H19O. The number of allylic oxidation sites excluding steroid dienone is 1. The highest BCUT2D eigenvalue weighted by Crippen LogP contribution is 2.42. The van der Waals surface area contributed by atoms with Crippen molar-refractivity contribution in [3.05, 3.63) is 65.0 Å². The molecule has 1 aromatic heterocycles. The predicted octanol–water partition coefficient (Wildman–Crippen LogP) is 5.12. The maximum Gasteiger partial charge on any atom is 0.133 e. The SMILES string of the molecule is CCCCc1ccoc1C1=Cc2ccccc2[C]1C. The molecule has 1 heterocycles. The van der Waals surface area contributed by atoms with Gasteiger partial charge in [-0.25, -0.2) is 0 Å². The van der Waals surface area contributed by atoms with Crippen LogP contribution in [0.3, 0.4) is 0 Å². The molecular weight excluding hydrogens is 232 g/mol. The average Bonchev–Trinajstić information content (AvgIpc) is 3.01. The van der Waals surface area contributed by atoms with Gasteiger partial charge in [0.2, 0.25) is 0 Å². The number of fused-ring (bicyclic) bond motifs is 1. The van der Waals surface area contributed by atoms with Gasteiger partial charge in [0.15, 0.2) is 0 Å². The minimum atomic E-state index is 1.06. The highest BCUT2D eigenvalue weighted by Gasteiger charge is 2.26. The van der Waals surface area contributed by atoms with Crippen LogP contribution in [0.15, 0.2) is 41.0 Å². The molecule has 3 rings (SSSR count). The van der Waals surface area contributed by atoms with Gasteiger partial charge in [-0.15, -0.1) is 0 Å². The third-order valence-corrected chi connectivity index (χ3v) is 3.86. The summed E-state index contributed by atoms with van der Waals surface area (Å²) in [6.45, 7) is 4.41. The van der Waals surface area contributed by atoms with E-state index in [-0.39, 0.29) is 0 Å². The third-order valence-electron chi connectivity index (χ3n) is 3.86. The average molecular weight is 251 g/mol. The zero-order valence-corrected chi connectivity index (χ0v) is 11.6. The first kappa shape index (κ1) is 12.3. The first-order valence-corrected chi connectivity index (χ1v) is 7.03. The molecule has 1 aliphatic carbocycles. The van der Waals surface area contributed by atoms with Gasteiger partial charge < -0.3 is 4.42 Å². The molecule has 0 atom stereocenters. The number of unbranched alkanes of at least 4 members (excludes halogenated alkanes) is 1. The highest BCUT2D eigenvalue weighted by atomic mass is 16.3. The van der Waals surface area contributed by atoms with Crippen LogP contribution in [0.2, 0.25) is 0 Å². The predicted molar refractivity (Wildman–Crippen MR) is 79.7 cm³/mol. The topological polar surface area (TPSA) is 13.1 Å². The van der Waals surface area contributed by atoms with E-state index in [4.69, 9.17) is 4.42 Å². The van der Waals surface area contributed by atoms with Crippen LogP contribution < -0.4 is 0 Å². The Bertz CT molecular complexity index is 604. The molecule has 0 bridgehead atoms. The van der Waals surface area contributed by atoms with Crippen molar-refractivity contribution in [2.45, 2.75) is 33.1 Å². The van der Waals surface area contributed by atoms with Gasteiger partial charge in [0, 0.05) is 11.5 Å². The van der Waals surface area contributed by atoms with Crippen molar-refractivity contribution in [3.63, 3.8) is 0 Å². The summed E-state index contributed by atoms with van der Waals surface area (Å²) in [6, 6.07) is 10.6. The molecule has 19 heavy (non-hydrogen) atoms. The lowest BCUT2D eigenvalue weighted by Crippen LogP contribution is -1.96. The monoisotopic (exact) mass is 251 g/mol. The summed E-state index contributed by atoms with van der Waals surface area (Å²) >= 11 is 0. The van der Waals surface area contributed by atoms with E-state index in [1.165, 1.54) is 41.0 Å². The molecule has 1 heteroatoms. The fourth-order valence-electron chi connectivity index (χ4n) is 2.75. The minimum absolute atomic E-state index is 1.06. The summed E-state index contributed by atoms with van der Waals surface area (Å²) in [6.07, 6.45) is 7.60. The van der Waals surface area contributed by atoms with Crippen LogP contribution in [0, 0.1) is 5.92 Å². The molecule has 0 saturated carbocycles. The van der Waals surface area contributed by atoms with Crippen LogP contribution in [-0.2, 0) is 6.42 Å². The van der Waals surface area contributed by atoms with Crippen molar-refractivity contribution in [2.24, 2.45) is 0 Å². The van der Waals surface area contributed by atoms with Crippen molar-refractivity contribution >= 4 is 11.6 Å². The Morgan fingerprint density at radius 3 is 2.74 bits per heavy atom. The molecule has 0 saturated heterocycles. The van der Waals surface area contributed by atoms with Crippen molar-refractivity contribution in [3.8, 4) is 0 Å². The zero-order valence-electron chi connectivity index (χ0n) is 11.6. The second kappa shape index (κ2) is 5.08. The van der Waals surface area contributed by atoms with Gasteiger partial charge in [-0.1, -0.05) is 44.5 Å². The molecule has 1 aromatic carbocycles. The largest absolute Gasteiger partial charge is 0.464 e. The van der Waals surface area contributed by atoms with Crippen molar-refractivity contribution < 1.29 is 4.42 Å². The first-order valence-electron chi connectivity index (χ1n) is 7.03. The van der Waals surface area contributed by atoms with Crippen LogP contribution in [0.25, 0.3) is 11.6 Å². The second-order valence-electron chi connectivity index (χ2n) is 5.15. The molecule has 0 fully saturated rings.